The standard InChI is InChI=1S/C12H17N3O3/c1-9-4-5-10(8-11(9)15(17)18)12(16)14(2)7-3-6-13/h4-5,8H,3,6-7,13H2,1-2H3. The molecule has 0 aliphatic rings. The van der Waals surface area contributed by atoms with Crippen molar-refractivity contribution in [3.8, 4) is 0 Å². The van der Waals surface area contributed by atoms with Gasteiger partial charge in [0.2, 0.25) is 0 Å². The first-order chi connectivity index (χ1) is 8.47. The number of carbonyl (C=O) groups excluding carboxylic acids is 1. The van der Waals surface area contributed by atoms with Crippen LogP contribution in [0.25, 0.3) is 0 Å². The maximum Gasteiger partial charge on any atom is 0.273 e. The molecule has 1 rings (SSSR count). The Hall–Kier alpha value is -1.95. The van der Waals surface area contributed by atoms with Gasteiger partial charge in [-0.1, -0.05) is 6.07 Å². The lowest BCUT2D eigenvalue weighted by Gasteiger charge is -2.16. The number of nitro benzene ring substituents is 1. The van der Waals surface area contributed by atoms with Gasteiger partial charge in [0, 0.05) is 30.8 Å². The van der Waals surface area contributed by atoms with Crippen LogP contribution in [0.3, 0.4) is 0 Å². The summed E-state index contributed by atoms with van der Waals surface area (Å²) in [6, 6.07) is 4.50. The maximum atomic E-state index is 12.0. The number of hydrogen-bond acceptors (Lipinski definition) is 4. The molecule has 6 nitrogen and oxygen atoms in total. The molecule has 1 aromatic rings. The van der Waals surface area contributed by atoms with E-state index in [9.17, 15) is 14.9 Å². The first-order valence-electron chi connectivity index (χ1n) is 5.68. The summed E-state index contributed by atoms with van der Waals surface area (Å²) in [7, 11) is 1.66. The molecule has 1 aromatic carbocycles. The lowest BCUT2D eigenvalue weighted by molar-refractivity contribution is -0.385. The van der Waals surface area contributed by atoms with E-state index in [-0.39, 0.29) is 11.6 Å². The molecule has 0 aliphatic heterocycles. The van der Waals surface area contributed by atoms with Crippen molar-refractivity contribution in [1.82, 2.24) is 4.90 Å². The molecule has 0 saturated carbocycles. The molecule has 0 radical (unpaired) electrons. The van der Waals surface area contributed by atoms with Gasteiger partial charge in [-0.3, -0.25) is 14.9 Å². The number of rotatable bonds is 5. The molecule has 98 valence electrons. The summed E-state index contributed by atoms with van der Waals surface area (Å²) < 4.78 is 0. The molecule has 1 amide bonds. The van der Waals surface area contributed by atoms with Gasteiger partial charge in [-0.15, -0.1) is 0 Å². The third kappa shape index (κ3) is 3.27. The van der Waals surface area contributed by atoms with Gasteiger partial charge in [-0.05, 0) is 26.0 Å². The summed E-state index contributed by atoms with van der Waals surface area (Å²) in [4.78, 5) is 23.8. The SMILES string of the molecule is Cc1ccc(C(=O)N(C)CCCN)cc1[N+](=O)[O-]. The highest BCUT2D eigenvalue weighted by Gasteiger charge is 2.17. The van der Waals surface area contributed by atoms with E-state index in [0.717, 1.165) is 0 Å². The van der Waals surface area contributed by atoms with Crippen molar-refractivity contribution >= 4 is 11.6 Å². The highest BCUT2D eigenvalue weighted by atomic mass is 16.6. The highest BCUT2D eigenvalue weighted by molar-refractivity contribution is 5.94. The normalized spacial score (nSPS) is 10.2. The van der Waals surface area contributed by atoms with Crippen LogP contribution >= 0.6 is 0 Å². The van der Waals surface area contributed by atoms with Crippen LogP contribution in [0, 0.1) is 17.0 Å². The van der Waals surface area contributed by atoms with Crippen LogP contribution < -0.4 is 5.73 Å². The molecule has 0 bridgehead atoms. The van der Waals surface area contributed by atoms with Crippen molar-refractivity contribution in [3.05, 3.63) is 39.4 Å². The molecule has 0 saturated heterocycles. The fourth-order valence-electron chi connectivity index (χ4n) is 1.59. The Morgan fingerprint density at radius 3 is 2.72 bits per heavy atom. The molecule has 0 heterocycles. The van der Waals surface area contributed by atoms with Crippen LogP contribution in [0.5, 0.6) is 0 Å². The molecule has 0 unspecified atom stereocenters. The molecule has 18 heavy (non-hydrogen) atoms. The van der Waals surface area contributed by atoms with Crippen molar-refractivity contribution in [3.63, 3.8) is 0 Å². The van der Waals surface area contributed by atoms with E-state index in [2.05, 4.69) is 0 Å². The predicted octanol–water partition coefficient (Wildman–Crippen LogP) is 1.32. The van der Waals surface area contributed by atoms with E-state index >= 15 is 0 Å². The van der Waals surface area contributed by atoms with Crippen LogP contribution in [0.4, 0.5) is 5.69 Å². The van der Waals surface area contributed by atoms with E-state index in [4.69, 9.17) is 5.73 Å². The van der Waals surface area contributed by atoms with E-state index < -0.39 is 4.92 Å². The largest absolute Gasteiger partial charge is 0.342 e. The van der Waals surface area contributed by atoms with Gasteiger partial charge in [0.25, 0.3) is 11.6 Å². The quantitative estimate of drug-likeness (QED) is 0.631. The number of amides is 1. The third-order valence-electron chi connectivity index (χ3n) is 2.70. The Morgan fingerprint density at radius 1 is 1.50 bits per heavy atom. The maximum absolute atomic E-state index is 12.0. The van der Waals surface area contributed by atoms with Gasteiger partial charge in [-0.25, -0.2) is 0 Å². The number of hydrogen-bond donors (Lipinski definition) is 1. The van der Waals surface area contributed by atoms with Crippen LogP contribution in [0.15, 0.2) is 18.2 Å². The first kappa shape index (κ1) is 14.1. The lowest BCUT2D eigenvalue weighted by atomic mass is 10.1. The van der Waals surface area contributed by atoms with Crippen molar-refractivity contribution in [1.29, 1.82) is 0 Å². The second kappa shape index (κ2) is 6.11. The number of nitro groups is 1. The summed E-state index contributed by atoms with van der Waals surface area (Å²) in [6.45, 7) is 2.69. The second-order valence-electron chi connectivity index (χ2n) is 4.13. The fourth-order valence-corrected chi connectivity index (χ4v) is 1.59. The number of nitrogens with two attached hydrogens (primary N) is 1. The topological polar surface area (TPSA) is 89.5 Å². The Morgan fingerprint density at radius 2 is 2.17 bits per heavy atom. The second-order valence-corrected chi connectivity index (χ2v) is 4.13. The van der Waals surface area contributed by atoms with Gasteiger partial charge in [-0.2, -0.15) is 0 Å². The number of aryl methyl sites for hydroxylation is 1. The monoisotopic (exact) mass is 251 g/mol. The predicted molar refractivity (Wildman–Crippen MR) is 68.5 cm³/mol. The van der Waals surface area contributed by atoms with Gasteiger partial charge in [0.1, 0.15) is 0 Å². The first-order valence-corrected chi connectivity index (χ1v) is 5.68. The number of carbonyl (C=O) groups is 1. The Bertz CT molecular complexity index is 460. The smallest absolute Gasteiger partial charge is 0.273 e. The Balaban J connectivity index is 2.93. The minimum atomic E-state index is -0.480. The van der Waals surface area contributed by atoms with Gasteiger partial charge in [0.05, 0.1) is 4.92 Å². The molecule has 6 heteroatoms. The minimum absolute atomic E-state index is 0.0342. The van der Waals surface area contributed by atoms with Gasteiger partial charge >= 0.3 is 0 Å². The molecule has 0 aliphatic carbocycles. The lowest BCUT2D eigenvalue weighted by Crippen LogP contribution is -2.29. The third-order valence-corrected chi connectivity index (χ3v) is 2.70. The molecule has 0 atom stereocenters. The van der Waals surface area contributed by atoms with Gasteiger partial charge in [0.15, 0.2) is 0 Å². The van der Waals surface area contributed by atoms with E-state index in [1.165, 1.54) is 11.0 Å². The average molecular weight is 251 g/mol. The van der Waals surface area contributed by atoms with Gasteiger partial charge < -0.3 is 10.6 Å². The van der Waals surface area contributed by atoms with Crippen molar-refractivity contribution < 1.29 is 9.72 Å². The summed E-state index contributed by atoms with van der Waals surface area (Å²) in [5, 5.41) is 10.8. The molecular formula is C12H17N3O3. The van der Waals surface area contributed by atoms with Crippen molar-refractivity contribution in [2.45, 2.75) is 13.3 Å². The van der Waals surface area contributed by atoms with Crippen molar-refractivity contribution in [2.75, 3.05) is 20.1 Å². The van der Waals surface area contributed by atoms with Crippen LogP contribution in [-0.2, 0) is 0 Å². The summed E-state index contributed by atoms with van der Waals surface area (Å²) in [6.07, 6.45) is 0.705. The molecule has 0 fully saturated rings. The van der Waals surface area contributed by atoms with E-state index in [1.807, 2.05) is 0 Å². The minimum Gasteiger partial charge on any atom is -0.342 e. The van der Waals surface area contributed by atoms with Crippen molar-refractivity contribution in [2.24, 2.45) is 5.73 Å². The number of nitrogens with zero attached hydrogens (tertiary/aromatic N) is 2. The highest BCUT2D eigenvalue weighted by Crippen LogP contribution is 2.20. The molecule has 0 spiro atoms. The zero-order chi connectivity index (χ0) is 13.7. The van der Waals surface area contributed by atoms with Crippen LogP contribution in [0.1, 0.15) is 22.3 Å². The van der Waals surface area contributed by atoms with E-state index in [1.54, 1.807) is 26.1 Å². The summed E-state index contributed by atoms with van der Waals surface area (Å²) in [5.74, 6) is -0.230. The molecular weight excluding hydrogens is 234 g/mol. The van der Waals surface area contributed by atoms with E-state index in [0.29, 0.717) is 30.6 Å². The number of benzene rings is 1. The van der Waals surface area contributed by atoms with Crippen LogP contribution in [0.2, 0.25) is 0 Å². The van der Waals surface area contributed by atoms with Crippen LogP contribution in [-0.4, -0.2) is 35.9 Å². The Kier molecular flexibility index (Phi) is 4.79. The molecule has 0 aromatic heterocycles. The zero-order valence-electron chi connectivity index (χ0n) is 10.5. The average Bonchev–Trinajstić information content (AvgIpc) is 2.35. The zero-order valence-corrected chi connectivity index (χ0v) is 10.5. The summed E-state index contributed by atoms with van der Waals surface area (Å²) >= 11 is 0. The Labute approximate surface area is 106 Å². The fraction of sp³-hybridized carbons (Fsp3) is 0.417. The molecule has 2 N–H and O–H groups in total. The summed E-state index contributed by atoms with van der Waals surface area (Å²) in [5.41, 5.74) is 6.21.